The Balaban J connectivity index is 1.56. The van der Waals surface area contributed by atoms with Gasteiger partial charge in [0.1, 0.15) is 5.75 Å². The van der Waals surface area contributed by atoms with Crippen molar-refractivity contribution in [1.82, 2.24) is 4.98 Å². The molecule has 4 rings (SSSR count). The minimum absolute atomic E-state index is 0.00205. The summed E-state index contributed by atoms with van der Waals surface area (Å²) in [5.74, 6) is 0.818. The van der Waals surface area contributed by atoms with Crippen molar-refractivity contribution in [3.63, 3.8) is 0 Å². The average Bonchev–Trinajstić information content (AvgIpc) is 3.20. The van der Waals surface area contributed by atoms with Gasteiger partial charge in [0, 0.05) is 27.5 Å². The Labute approximate surface area is 169 Å². The van der Waals surface area contributed by atoms with E-state index in [1.54, 1.807) is 6.21 Å². The van der Waals surface area contributed by atoms with E-state index in [0.29, 0.717) is 16.6 Å². The number of nitrogens with zero attached hydrogens (tertiary/aromatic N) is 2. The van der Waals surface area contributed by atoms with Crippen molar-refractivity contribution in [1.29, 1.82) is 0 Å². The van der Waals surface area contributed by atoms with Crippen LogP contribution in [0.3, 0.4) is 0 Å². The first kappa shape index (κ1) is 17.8. The number of hydrogen-bond acceptors (Lipinski definition) is 6. The fourth-order valence-electron chi connectivity index (χ4n) is 2.71. The van der Waals surface area contributed by atoms with E-state index in [1.165, 1.54) is 11.3 Å². The van der Waals surface area contributed by atoms with Crippen molar-refractivity contribution in [2.45, 2.75) is 6.92 Å². The Kier molecular flexibility index (Phi) is 4.96. The maximum absolute atomic E-state index is 10.2. The van der Waals surface area contributed by atoms with Crippen LogP contribution in [-0.4, -0.2) is 22.9 Å². The smallest absolute Gasteiger partial charge is 0.231 e. The fraction of sp³-hybridized carbons (Fsp3) is 0.100. The van der Waals surface area contributed by atoms with Crippen molar-refractivity contribution >= 4 is 61.6 Å². The number of benzene rings is 2. The molecule has 0 radical (unpaired) electrons. The van der Waals surface area contributed by atoms with Crippen molar-refractivity contribution in [2.24, 2.45) is 4.99 Å². The first-order chi connectivity index (χ1) is 13.1. The molecular weight excluding hydrogens is 426 g/mol. The molecule has 0 saturated carbocycles. The average molecular weight is 442 g/mol. The lowest BCUT2D eigenvalue weighted by atomic mass is 10.1. The Morgan fingerprint density at radius 2 is 2.04 bits per heavy atom. The van der Waals surface area contributed by atoms with Gasteiger partial charge in [0.2, 0.25) is 5.88 Å². The standard InChI is InChI=1S/C20H16BrN3O2S/c1-2-26-15-6-4-14(5-7-15)23-20-24-19(25)18(27-20)9-12-11-22-17-8-3-13(21)10-16(12)17/h3-11,25H,2H2,1H3,(H,23,24). The normalized spacial score (nSPS) is 13.8. The lowest BCUT2D eigenvalue weighted by molar-refractivity contribution is 0.340. The fourth-order valence-corrected chi connectivity index (χ4v) is 3.91. The molecule has 0 fully saturated rings. The largest absolute Gasteiger partial charge is 0.494 e. The van der Waals surface area contributed by atoms with E-state index in [2.05, 4.69) is 31.2 Å². The molecule has 27 heavy (non-hydrogen) atoms. The van der Waals surface area contributed by atoms with Gasteiger partial charge in [0.15, 0.2) is 5.13 Å². The highest BCUT2D eigenvalue weighted by Gasteiger charge is 2.15. The summed E-state index contributed by atoms with van der Waals surface area (Å²) in [7, 11) is 0. The number of halogens is 1. The van der Waals surface area contributed by atoms with Crippen molar-refractivity contribution in [2.75, 3.05) is 11.9 Å². The van der Waals surface area contributed by atoms with Crippen molar-refractivity contribution in [3.05, 3.63) is 57.4 Å². The minimum Gasteiger partial charge on any atom is -0.494 e. The molecule has 3 aromatic rings. The van der Waals surface area contributed by atoms with E-state index in [-0.39, 0.29) is 5.88 Å². The van der Waals surface area contributed by atoms with Gasteiger partial charge in [-0.3, -0.25) is 4.99 Å². The summed E-state index contributed by atoms with van der Waals surface area (Å²) in [6, 6.07) is 13.6. The predicted molar refractivity (Wildman–Crippen MR) is 115 cm³/mol. The maximum Gasteiger partial charge on any atom is 0.231 e. The summed E-state index contributed by atoms with van der Waals surface area (Å²) in [5, 5.41) is 14.1. The molecule has 0 spiro atoms. The SMILES string of the molecule is CCOc1ccc(Nc2nc(O)c(C=C3C=Nc4ccc(Br)cc43)s2)cc1. The number of thiazole rings is 1. The molecule has 136 valence electrons. The van der Waals surface area contributed by atoms with Gasteiger partial charge in [-0.15, -0.1) is 0 Å². The topological polar surface area (TPSA) is 66.7 Å². The Morgan fingerprint density at radius 3 is 2.81 bits per heavy atom. The number of aliphatic imine (C=N–C) groups is 1. The molecule has 0 unspecified atom stereocenters. The van der Waals surface area contributed by atoms with Crippen molar-refractivity contribution < 1.29 is 9.84 Å². The number of allylic oxidation sites excluding steroid dienone is 1. The van der Waals surface area contributed by atoms with E-state index < -0.39 is 0 Å². The Hall–Kier alpha value is -2.64. The Bertz CT molecular complexity index is 1040. The first-order valence-corrected chi connectivity index (χ1v) is 9.98. The summed E-state index contributed by atoms with van der Waals surface area (Å²) in [4.78, 5) is 9.30. The quantitative estimate of drug-likeness (QED) is 0.508. The molecule has 0 aliphatic carbocycles. The lowest BCUT2D eigenvalue weighted by Crippen LogP contribution is -1.92. The van der Waals surface area contributed by atoms with Crippen LogP contribution in [0.4, 0.5) is 16.5 Å². The van der Waals surface area contributed by atoms with Crippen LogP contribution in [0.2, 0.25) is 0 Å². The molecule has 5 nitrogen and oxygen atoms in total. The number of hydrogen-bond donors (Lipinski definition) is 2. The molecule has 1 aliphatic heterocycles. The van der Waals surface area contributed by atoms with E-state index in [4.69, 9.17) is 4.74 Å². The van der Waals surface area contributed by atoms with Crippen LogP contribution in [0.25, 0.3) is 11.6 Å². The number of ether oxygens (including phenoxy) is 1. The van der Waals surface area contributed by atoms with Crippen molar-refractivity contribution in [3.8, 4) is 11.6 Å². The van der Waals surface area contributed by atoms with Crippen LogP contribution in [0.15, 0.2) is 51.9 Å². The van der Waals surface area contributed by atoms with Crippen LogP contribution < -0.4 is 10.1 Å². The second kappa shape index (κ2) is 7.54. The zero-order chi connectivity index (χ0) is 18.8. The molecule has 0 amide bonds. The molecule has 1 aromatic heterocycles. The molecule has 0 bridgehead atoms. The van der Waals surface area contributed by atoms with Gasteiger partial charge in [0.05, 0.1) is 17.2 Å². The number of rotatable bonds is 5. The van der Waals surface area contributed by atoms with Gasteiger partial charge in [-0.1, -0.05) is 27.3 Å². The Morgan fingerprint density at radius 1 is 1.22 bits per heavy atom. The number of aromatic hydroxyl groups is 1. The molecule has 0 saturated heterocycles. The van der Waals surface area contributed by atoms with Gasteiger partial charge in [-0.25, -0.2) is 0 Å². The highest BCUT2D eigenvalue weighted by molar-refractivity contribution is 9.10. The zero-order valence-corrected chi connectivity index (χ0v) is 16.8. The summed E-state index contributed by atoms with van der Waals surface area (Å²) < 4.78 is 6.43. The number of nitrogens with one attached hydrogen (secondary N) is 1. The molecule has 2 N–H and O–H groups in total. The summed E-state index contributed by atoms with van der Waals surface area (Å²) in [5.41, 5.74) is 3.76. The summed E-state index contributed by atoms with van der Waals surface area (Å²) in [6.45, 7) is 2.58. The maximum atomic E-state index is 10.2. The van der Waals surface area contributed by atoms with Crippen LogP contribution >= 0.6 is 27.3 Å². The van der Waals surface area contributed by atoms with Crippen LogP contribution in [-0.2, 0) is 0 Å². The third-order valence-corrected chi connectivity index (χ3v) is 5.35. The third kappa shape index (κ3) is 3.89. The molecule has 1 aliphatic rings. The van der Waals surface area contributed by atoms with E-state index >= 15 is 0 Å². The van der Waals surface area contributed by atoms with E-state index in [1.807, 2.05) is 55.5 Å². The second-order valence-corrected chi connectivity index (χ2v) is 7.75. The lowest BCUT2D eigenvalue weighted by Gasteiger charge is -2.05. The molecule has 2 heterocycles. The monoisotopic (exact) mass is 441 g/mol. The van der Waals surface area contributed by atoms with Crippen LogP contribution in [0.5, 0.6) is 11.6 Å². The van der Waals surface area contributed by atoms with Gasteiger partial charge < -0.3 is 15.2 Å². The summed E-state index contributed by atoms with van der Waals surface area (Å²) in [6.07, 6.45) is 3.70. The van der Waals surface area contributed by atoms with Crippen LogP contribution in [0, 0.1) is 0 Å². The molecule has 7 heteroatoms. The molecular formula is C20H16BrN3O2S. The van der Waals surface area contributed by atoms with Crippen LogP contribution in [0.1, 0.15) is 17.4 Å². The first-order valence-electron chi connectivity index (χ1n) is 8.38. The number of anilines is 2. The van der Waals surface area contributed by atoms with Gasteiger partial charge >= 0.3 is 0 Å². The minimum atomic E-state index is -0.00205. The van der Waals surface area contributed by atoms with Gasteiger partial charge in [-0.2, -0.15) is 4.98 Å². The highest BCUT2D eigenvalue weighted by atomic mass is 79.9. The zero-order valence-electron chi connectivity index (χ0n) is 14.4. The van der Waals surface area contributed by atoms with Gasteiger partial charge in [-0.05, 0) is 55.5 Å². The number of aromatic nitrogens is 1. The number of fused-ring (bicyclic) bond motifs is 1. The second-order valence-electron chi connectivity index (χ2n) is 5.81. The van der Waals surface area contributed by atoms with E-state index in [9.17, 15) is 5.11 Å². The predicted octanol–water partition coefficient (Wildman–Crippen LogP) is 6.01. The van der Waals surface area contributed by atoms with Gasteiger partial charge in [0.25, 0.3) is 0 Å². The third-order valence-electron chi connectivity index (χ3n) is 3.95. The molecule has 0 atom stereocenters. The molecule has 2 aromatic carbocycles. The highest BCUT2D eigenvalue weighted by Crippen LogP contribution is 2.38. The summed E-state index contributed by atoms with van der Waals surface area (Å²) >= 11 is 4.87. The van der Waals surface area contributed by atoms with E-state index in [0.717, 1.165) is 32.7 Å².